The summed E-state index contributed by atoms with van der Waals surface area (Å²) in [4.78, 5) is 9.03. The highest BCUT2D eigenvalue weighted by Crippen LogP contribution is 2.12. The van der Waals surface area contributed by atoms with Gasteiger partial charge in [-0.25, -0.2) is 4.98 Å². The van der Waals surface area contributed by atoms with Crippen LogP contribution in [0, 0.1) is 0 Å². The Hall–Kier alpha value is -1.17. The van der Waals surface area contributed by atoms with Gasteiger partial charge in [0.1, 0.15) is 5.82 Å². The number of anilines is 1. The van der Waals surface area contributed by atoms with Crippen molar-refractivity contribution in [2.75, 3.05) is 50.8 Å². The molecule has 0 aromatic carbocycles. The van der Waals surface area contributed by atoms with E-state index >= 15 is 0 Å². The highest BCUT2D eigenvalue weighted by atomic mass is 16.5. The van der Waals surface area contributed by atoms with Crippen molar-refractivity contribution in [2.45, 2.75) is 51.6 Å². The van der Waals surface area contributed by atoms with E-state index in [1.165, 1.54) is 32.1 Å². The average molecular weight is 350 g/mol. The van der Waals surface area contributed by atoms with Crippen LogP contribution >= 0.6 is 0 Å². The number of ether oxygens (including phenoxy) is 1. The molecule has 2 heterocycles. The molecule has 2 rings (SSSR count). The smallest absolute Gasteiger partial charge is 0.128 e. The van der Waals surface area contributed by atoms with Crippen molar-refractivity contribution < 1.29 is 9.84 Å². The molecule has 0 aliphatic carbocycles. The topological polar surface area (TPSA) is 48.8 Å². The molecule has 1 aliphatic heterocycles. The number of unbranched alkanes of at least 4 members (excludes halogenated alkanes) is 5. The van der Waals surface area contributed by atoms with E-state index in [9.17, 15) is 5.11 Å². The molecule has 0 spiro atoms. The van der Waals surface area contributed by atoms with Crippen LogP contribution < -0.4 is 4.90 Å². The first-order valence-electron chi connectivity index (χ1n) is 9.93. The predicted molar refractivity (Wildman–Crippen MR) is 103 cm³/mol. The Kier molecular flexibility index (Phi) is 9.85. The molecule has 1 aliphatic rings. The third-order valence-electron chi connectivity index (χ3n) is 4.77. The van der Waals surface area contributed by atoms with Crippen molar-refractivity contribution in [3.05, 3.63) is 24.4 Å². The number of hydrogen-bond donors (Lipinski definition) is 1. The summed E-state index contributed by atoms with van der Waals surface area (Å²) >= 11 is 0. The maximum Gasteiger partial charge on any atom is 0.128 e. The van der Waals surface area contributed by atoms with Crippen molar-refractivity contribution in [3.63, 3.8) is 0 Å². The van der Waals surface area contributed by atoms with Crippen LogP contribution in [0.5, 0.6) is 0 Å². The van der Waals surface area contributed by atoms with Gasteiger partial charge in [0.15, 0.2) is 0 Å². The van der Waals surface area contributed by atoms with Crippen LogP contribution in [0.15, 0.2) is 24.4 Å². The fourth-order valence-electron chi connectivity index (χ4n) is 3.25. The van der Waals surface area contributed by atoms with Gasteiger partial charge >= 0.3 is 0 Å². The Bertz CT molecular complexity index is 436. The van der Waals surface area contributed by atoms with E-state index in [1.807, 2.05) is 18.3 Å². The first kappa shape index (κ1) is 20.1. The van der Waals surface area contributed by atoms with Crippen LogP contribution in [0.3, 0.4) is 0 Å². The van der Waals surface area contributed by atoms with Gasteiger partial charge in [-0.3, -0.25) is 4.90 Å². The van der Waals surface area contributed by atoms with Gasteiger partial charge in [0.25, 0.3) is 0 Å². The summed E-state index contributed by atoms with van der Waals surface area (Å²) in [7, 11) is 0. The number of nitrogens with zero attached hydrogens (tertiary/aromatic N) is 3. The zero-order chi connectivity index (χ0) is 17.7. The quantitative estimate of drug-likeness (QED) is 0.588. The summed E-state index contributed by atoms with van der Waals surface area (Å²) in [5, 5.41) is 10.2. The Labute approximate surface area is 153 Å². The second-order valence-electron chi connectivity index (χ2n) is 6.97. The molecule has 1 atom stereocenters. The zero-order valence-corrected chi connectivity index (χ0v) is 15.8. The molecule has 1 unspecified atom stereocenters. The van der Waals surface area contributed by atoms with Crippen LogP contribution in [0.4, 0.5) is 5.82 Å². The Morgan fingerprint density at radius 1 is 1.08 bits per heavy atom. The molecule has 5 nitrogen and oxygen atoms in total. The number of aliphatic hydroxyl groups excluding tert-OH is 1. The lowest BCUT2D eigenvalue weighted by Gasteiger charge is -2.36. The average Bonchev–Trinajstić information content (AvgIpc) is 2.65. The highest BCUT2D eigenvalue weighted by molar-refractivity contribution is 5.38. The van der Waals surface area contributed by atoms with Gasteiger partial charge in [0, 0.05) is 45.5 Å². The van der Waals surface area contributed by atoms with Crippen molar-refractivity contribution >= 4 is 5.82 Å². The van der Waals surface area contributed by atoms with E-state index in [1.54, 1.807) is 0 Å². The van der Waals surface area contributed by atoms with Gasteiger partial charge in [-0.05, 0) is 18.6 Å². The maximum atomic E-state index is 10.2. The Balaban J connectivity index is 1.50. The number of hydrogen-bond acceptors (Lipinski definition) is 5. The van der Waals surface area contributed by atoms with Gasteiger partial charge < -0.3 is 14.7 Å². The minimum Gasteiger partial charge on any atom is -0.389 e. The first-order chi connectivity index (χ1) is 12.3. The summed E-state index contributed by atoms with van der Waals surface area (Å²) in [5.74, 6) is 1.05. The van der Waals surface area contributed by atoms with E-state index in [0.29, 0.717) is 13.2 Å². The molecule has 1 aromatic heterocycles. The fraction of sp³-hybridized carbons (Fsp3) is 0.750. The monoisotopic (exact) mass is 349 g/mol. The summed E-state index contributed by atoms with van der Waals surface area (Å²) < 4.78 is 5.64. The second-order valence-corrected chi connectivity index (χ2v) is 6.97. The van der Waals surface area contributed by atoms with E-state index in [-0.39, 0.29) is 6.10 Å². The summed E-state index contributed by atoms with van der Waals surface area (Å²) in [6.07, 6.45) is 9.08. The third kappa shape index (κ3) is 8.17. The van der Waals surface area contributed by atoms with Gasteiger partial charge in [-0.1, -0.05) is 45.1 Å². The van der Waals surface area contributed by atoms with E-state index < -0.39 is 0 Å². The summed E-state index contributed by atoms with van der Waals surface area (Å²) in [6.45, 7) is 8.02. The summed E-state index contributed by atoms with van der Waals surface area (Å²) in [6, 6.07) is 6.03. The van der Waals surface area contributed by atoms with Crippen LogP contribution in [-0.2, 0) is 4.74 Å². The molecule has 1 aromatic rings. The Morgan fingerprint density at radius 3 is 2.56 bits per heavy atom. The van der Waals surface area contributed by atoms with Crippen molar-refractivity contribution in [3.8, 4) is 0 Å². The van der Waals surface area contributed by atoms with E-state index in [2.05, 4.69) is 27.8 Å². The number of rotatable bonds is 12. The third-order valence-corrected chi connectivity index (χ3v) is 4.77. The molecular weight excluding hydrogens is 314 g/mol. The van der Waals surface area contributed by atoms with Gasteiger partial charge in [-0.2, -0.15) is 0 Å². The molecule has 0 bridgehead atoms. The minimum atomic E-state index is -0.388. The molecule has 1 saturated heterocycles. The SMILES string of the molecule is CCCCCCCCOCC(O)CN1CCN(c2ccccn2)CC1. The number of aromatic nitrogens is 1. The molecule has 0 radical (unpaired) electrons. The largest absolute Gasteiger partial charge is 0.389 e. The molecule has 1 fully saturated rings. The minimum absolute atomic E-state index is 0.388. The van der Waals surface area contributed by atoms with Gasteiger partial charge in [-0.15, -0.1) is 0 Å². The number of aliphatic hydroxyl groups is 1. The molecule has 142 valence electrons. The zero-order valence-electron chi connectivity index (χ0n) is 15.8. The number of β-amino-alcohol motifs (C(OH)–C–C–N with tert-alkyl or cyclic N) is 1. The van der Waals surface area contributed by atoms with Crippen molar-refractivity contribution in [1.29, 1.82) is 0 Å². The van der Waals surface area contributed by atoms with Gasteiger partial charge in [0.05, 0.1) is 12.7 Å². The number of piperazine rings is 1. The van der Waals surface area contributed by atoms with Crippen molar-refractivity contribution in [2.24, 2.45) is 0 Å². The molecule has 0 amide bonds. The van der Waals surface area contributed by atoms with Crippen LogP contribution in [0.2, 0.25) is 0 Å². The molecule has 1 N–H and O–H groups in total. The van der Waals surface area contributed by atoms with Gasteiger partial charge in [0.2, 0.25) is 0 Å². The van der Waals surface area contributed by atoms with Crippen LogP contribution in [-0.4, -0.2) is 67.0 Å². The van der Waals surface area contributed by atoms with E-state index in [4.69, 9.17) is 4.74 Å². The lowest BCUT2D eigenvalue weighted by atomic mass is 10.1. The second kappa shape index (κ2) is 12.2. The maximum absolute atomic E-state index is 10.2. The first-order valence-corrected chi connectivity index (χ1v) is 9.93. The fourth-order valence-corrected chi connectivity index (χ4v) is 3.25. The number of pyridine rings is 1. The molecular formula is C20H35N3O2. The van der Waals surface area contributed by atoms with E-state index in [0.717, 1.165) is 45.0 Å². The standard InChI is InChI=1S/C20H35N3O2/c1-2-3-4-5-6-9-16-25-18-19(24)17-22-12-14-23(15-13-22)20-10-7-8-11-21-20/h7-8,10-11,19,24H,2-6,9,12-18H2,1H3. The molecule has 0 saturated carbocycles. The van der Waals surface area contributed by atoms with Crippen molar-refractivity contribution in [1.82, 2.24) is 9.88 Å². The normalized spacial score (nSPS) is 17.0. The predicted octanol–water partition coefficient (Wildman–Crippen LogP) is 2.94. The Morgan fingerprint density at radius 2 is 1.84 bits per heavy atom. The molecule has 25 heavy (non-hydrogen) atoms. The van der Waals surface area contributed by atoms with Crippen LogP contribution in [0.1, 0.15) is 45.4 Å². The highest BCUT2D eigenvalue weighted by Gasteiger charge is 2.19. The lowest BCUT2D eigenvalue weighted by Crippen LogP contribution is -2.49. The lowest BCUT2D eigenvalue weighted by molar-refractivity contribution is 0.0146. The molecule has 5 heteroatoms. The summed E-state index contributed by atoms with van der Waals surface area (Å²) in [5.41, 5.74) is 0. The van der Waals surface area contributed by atoms with Crippen LogP contribution in [0.25, 0.3) is 0 Å².